The van der Waals surface area contributed by atoms with Crippen LogP contribution in [0.3, 0.4) is 0 Å². The van der Waals surface area contributed by atoms with E-state index >= 15 is 0 Å². The first-order chi connectivity index (χ1) is 13.5. The average molecular weight is 395 g/mol. The summed E-state index contributed by atoms with van der Waals surface area (Å²) in [5.74, 6) is -0.0965. The summed E-state index contributed by atoms with van der Waals surface area (Å²) in [4.78, 5) is 28.8. The second-order valence-electron chi connectivity index (χ2n) is 6.32. The Morgan fingerprint density at radius 3 is 2.71 bits per heavy atom. The number of aryl methyl sites for hydroxylation is 2. The minimum atomic E-state index is -0.343. The van der Waals surface area contributed by atoms with Crippen molar-refractivity contribution in [1.82, 2.24) is 10.3 Å². The smallest absolute Gasteiger partial charge is 0.251 e. The highest BCUT2D eigenvalue weighted by molar-refractivity contribution is 7.14. The zero-order chi connectivity index (χ0) is 20.1. The highest BCUT2D eigenvalue weighted by Gasteiger charge is 2.12. The number of hydrogen-bond donors (Lipinski definition) is 2. The van der Waals surface area contributed by atoms with Crippen LogP contribution in [0.1, 0.15) is 21.5 Å². The molecule has 7 heteroatoms. The second kappa shape index (κ2) is 8.67. The summed E-state index contributed by atoms with van der Waals surface area (Å²) in [5, 5.41) is 7.72. The zero-order valence-corrected chi connectivity index (χ0v) is 16.7. The molecule has 1 heterocycles. The highest BCUT2D eigenvalue weighted by atomic mass is 32.1. The van der Waals surface area contributed by atoms with Crippen LogP contribution in [0.2, 0.25) is 0 Å². The minimum Gasteiger partial charge on any atom is -0.497 e. The van der Waals surface area contributed by atoms with E-state index in [1.165, 1.54) is 24.0 Å². The fraction of sp³-hybridized carbons (Fsp3) is 0.190. The number of carbonyl (C=O) groups excluding carboxylic acids is 2. The van der Waals surface area contributed by atoms with Gasteiger partial charge in [0.15, 0.2) is 5.13 Å². The molecule has 2 aromatic carbocycles. The Kier molecular flexibility index (Phi) is 6.06. The SMILES string of the molecule is COc1cccc(C(=O)NCC(=O)Nc2nc(-c3ccc(C)cc3C)cs2)c1. The van der Waals surface area contributed by atoms with Crippen molar-refractivity contribution in [2.45, 2.75) is 13.8 Å². The van der Waals surface area contributed by atoms with E-state index in [0.29, 0.717) is 16.4 Å². The van der Waals surface area contributed by atoms with E-state index in [2.05, 4.69) is 21.7 Å². The fourth-order valence-electron chi connectivity index (χ4n) is 2.75. The maximum atomic E-state index is 12.2. The lowest BCUT2D eigenvalue weighted by Crippen LogP contribution is -2.32. The largest absolute Gasteiger partial charge is 0.497 e. The van der Waals surface area contributed by atoms with Crippen LogP contribution in [0.4, 0.5) is 5.13 Å². The molecule has 0 aliphatic rings. The molecule has 0 aliphatic heterocycles. The van der Waals surface area contributed by atoms with Gasteiger partial charge in [-0.3, -0.25) is 9.59 Å². The maximum Gasteiger partial charge on any atom is 0.251 e. The molecule has 0 atom stereocenters. The van der Waals surface area contributed by atoms with Crippen molar-refractivity contribution in [2.75, 3.05) is 19.0 Å². The molecule has 28 heavy (non-hydrogen) atoms. The molecular weight excluding hydrogens is 374 g/mol. The molecule has 3 aromatic rings. The van der Waals surface area contributed by atoms with Crippen LogP contribution < -0.4 is 15.4 Å². The number of ether oxygens (including phenoxy) is 1. The number of thiazole rings is 1. The number of amides is 2. The van der Waals surface area contributed by atoms with Gasteiger partial charge in [0.1, 0.15) is 5.75 Å². The molecule has 0 unspecified atom stereocenters. The van der Waals surface area contributed by atoms with E-state index in [1.54, 1.807) is 24.3 Å². The van der Waals surface area contributed by atoms with Crippen LogP contribution in [-0.2, 0) is 4.79 Å². The first kappa shape index (κ1) is 19.6. The van der Waals surface area contributed by atoms with E-state index in [4.69, 9.17) is 4.74 Å². The monoisotopic (exact) mass is 395 g/mol. The van der Waals surface area contributed by atoms with Gasteiger partial charge >= 0.3 is 0 Å². The van der Waals surface area contributed by atoms with E-state index in [-0.39, 0.29) is 18.4 Å². The Bertz CT molecular complexity index is 1010. The van der Waals surface area contributed by atoms with Crippen molar-refractivity contribution in [3.05, 3.63) is 64.5 Å². The Hall–Kier alpha value is -3.19. The lowest BCUT2D eigenvalue weighted by Gasteiger charge is -2.06. The van der Waals surface area contributed by atoms with Gasteiger partial charge in [0.05, 0.1) is 19.3 Å². The summed E-state index contributed by atoms with van der Waals surface area (Å²) in [6.45, 7) is 3.94. The van der Waals surface area contributed by atoms with E-state index < -0.39 is 0 Å². The second-order valence-corrected chi connectivity index (χ2v) is 7.18. The van der Waals surface area contributed by atoms with Gasteiger partial charge in [0, 0.05) is 16.5 Å². The third-order valence-electron chi connectivity index (χ3n) is 4.15. The van der Waals surface area contributed by atoms with Crippen LogP contribution in [0.25, 0.3) is 11.3 Å². The molecule has 2 N–H and O–H groups in total. The molecule has 0 fully saturated rings. The Morgan fingerprint density at radius 2 is 1.96 bits per heavy atom. The van der Waals surface area contributed by atoms with Gasteiger partial charge in [-0.1, -0.05) is 29.8 Å². The maximum absolute atomic E-state index is 12.2. The summed E-state index contributed by atoms with van der Waals surface area (Å²) < 4.78 is 5.10. The number of anilines is 1. The molecule has 6 nitrogen and oxygen atoms in total. The molecule has 2 amide bonds. The number of benzene rings is 2. The Labute approximate surface area is 167 Å². The van der Waals surface area contributed by atoms with Gasteiger partial charge in [-0.05, 0) is 37.6 Å². The van der Waals surface area contributed by atoms with Gasteiger partial charge in [0.25, 0.3) is 5.91 Å². The van der Waals surface area contributed by atoms with E-state index in [9.17, 15) is 9.59 Å². The molecule has 3 rings (SSSR count). The quantitative estimate of drug-likeness (QED) is 0.665. The lowest BCUT2D eigenvalue weighted by molar-refractivity contribution is -0.115. The van der Waals surface area contributed by atoms with Crippen molar-refractivity contribution in [3.8, 4) is 17.0 Å². The summed E-state index contributed by atoms with van der Waals surface area (Å²) in [6, 6.07) is 12.9. The lowest BCUT2D eigenvalue weighted by atomic mass is 10.0. The number of nitrogens with zero attached hydrogens (tertiary/aromatic N) is 1. The highest BCUT2D eigenvalue weighted by Crippen LogP contribution is 2.27. The predicted octanol–water partition coefficient (Wildman–Crippen LogP) is 3.80. The van der Waals surface area contributed by atoms with Crippen molar-refractivity contribution in [1.29, 1.82) is 0 Å². The van der Waals surface area contributed by atoms with Gasteiger partial charge in [-0.25, -0.2) is 4.98 Å². The summed E-state index contributed by atoms with van der Waals surface area (Å²) >= 11 is 1.35. The molecule has 0 saturated heterocycles. The van der Waals surface area contributed by atoms with Crippen LogP contribution in [0.15, 0.2) is 47.8 Å². The van der Waals surface area contributed by atoms with Crippen LogP contribution in [0.5, 0.6) is 5.75 Å². The molecule has 0 bridgehead atoms. The molecule has 144 valence electrons. The standard InChI is InChI=1S/C21H21N3O3S/c1-13-7-8-17(14(2)9-13)18-12-28-21(23-18)24-19(25)11-22-20(26)15-5-4-6-16(10-15)27-3/h4-10,12H,11H2,1-3H3,(H,22,26)(H,23,24,25). The van der Waals surface area contributed by atoms with Gasteiger partial charge in [-0.2, -0.15) is 0 Å². The van der Waals surface area contributed by atoms with Crippen molar-refractivity contribution in [2.24, 2.45) is 0 Å². The van der Waals surface area contributed by atoms with Gasteiger partial charge < -0.3 is 15.4 Å². The topological polar surface area (TPSA) is 80.3 Å². The number of hydrogen-bond acceptors (Lipinski definition) is 5. The molecule has 0 spiro atoms. The van der Waals surface area contributed by atoms with Crippen LogP contribution in [-0.4, -0.2) is 30.5 Å². The first-order valence-electron chi connectivity index (χ1n) is 8.71. The Morgan fingerprint density at radius 1 is 1.14 bits per heavy atom. The normalized spacial score (nSPS) is 10.4. The minimum absolute atomic E-state index is 0.144. The Balaban J connectivity index is 1.58. The van der Waals surface area contributed by atoms with E-state index in [1.807, 2.05) is 31.4 Å². The molecule has 0 saturated carbocycles. The third kappa shape index (κ3) is 4.75. The van der Waals surface area contributed by atoms with Crippen LogP contribution in [0, 0.1) is 13.8 Å². The first-order valence-corrected chi connectivity index (χ1v) is 9.59. The van der Waals surface area contributed by atoms with E-state index in [0.717, 1.165) is 16.8 Å². The summed E-state index contributed by atoms with van der Waals surface area (Å²) in [6.07, 6.45) is 0. The number of aromatic nitrogens is 1. The third-order valence-corrected chi connectivity index (χ3v) is 4.91. The number of rotatable bonds is 6. The molecule has 0 radical (unpaired) electrons. The number of carbonyl (C=O) groups is 2. The van der Waals surface area contributed by atoms with Gasteiger partial charge in [0.2, 0.25) is 5.91 Å². The fourth-order valence-corrected chi connectivity index (χ4v) is 3.47. The zero-order valence-electron chi connectivity index (χ0n) is 15.9. The predicted molar refractivity (Wildman–Crippen MR) is 111 cm³/mol. The van der Waals surface area contributed by atoms with Crippen molar-refractivity contribution in [3.63, 3.8) is 0 Å². The average Bonchev–Trinajstić information content (AvgIpc) is 3.14. The number of methoxy groups -OCH3 is 1. The molecule has 0 aliphatic carbocycles. The summed E-state index contributed by atoms with van der Waals surface area (Å²) in [7, 11) is 1.53. The van der Waals surface area contributed by atoms with Crippen molar-refractivity contribution < 1.29 is 14.3 Å². The number of nitrogens with one attached hydrogen (secondary N) is 2. The van der Waals surface area contributed by atoms with Crippen LogP contribution >= 0.6 is 11.3 Å². The molecule has 1 aromatic heterocycles. The molecular formula is C21H21N3O3S. The summed E-state index contributed by atoms with van der Waals surface area (Å²) in [5.41, 5.74) is 4.61. The van der Waals surface area contributed by atoms with Crippen molar-refractivity contribution >= 4 is 28.3 Å². The van der Waals surface area contributed by atoms with Gasteiger partial charge in [-0.15, -0.1) is 11.3 Å².